The van der Waals surface area contributed by atoms with Gasteiger partial charge in [0.15, 0.2) is 17.2 Å². The predicted octanol–water partition coefficient (Wildman–Crippen LogP) is 4.06. The maximum atomic E-state index is 13.3. The average Bonchev–Trinajstić information content (AvgIpc) is 3.40. The number of piperidine rings is 1. The molecule has 4 rings (SSSR count). The molecule has 1 aliphatic rings. The molecular formula is C24H28N4O5S. The van der Waals surface area contributed by atoms with E-state index in [0.29, 0.717) is 30.3 Å². The van der Waals surface area contributed by atoms with Crippen LogP contribution in [0.25, 0.3) is 0 Å². The van der Waals surface area contributed by atoms with E-state index in [0.717, 1.165) is 19.3 Å². The maximum Gasteiger partial charge on any atom is 0.249 e. The fourth-order valence-electron chi connectivity index (χ4n) is 3.80. The zero-order valence-electron chi connectivity index (χ0n) is 19.2. The van der Waals surface area contributed by atoms with Crippen LogP contribution in [0.5, 0.6) is 17.2 Å². The van der Waals surface area contributed by atoms with Gasteiger partial charge in [-0.15, -0.1) is 0 Å². The Balaban J connectivity index is 1.69. The van der Waals surface area contributed by atoms with Crippen molar-refractivity contribution in [3.8, 4) is 17.2 Å². The van der Waals surface area contributed by atoms with Gasteiger partial charge in [-0.1, -0.05) is 18.6 Å². The van der Waals surface area contributed by atoms with E-state index in [-0.39, 0.29) is 16.5 Å². The van der Waals surface area contributed by atoms with Gasteiger partial charge in [-0.3, -0.25) is 9.48 Å². The van der Waals surface area contributed by atoms with E-state index < -0.39 is 16.1 Å². The summed E-state index contributed by atoms with van der Waals surface area (Å²) in [7, 11) is -2.17. The number of aromatic nitrogens is 2. The zero-order chi connectivity index (χ0) is 24.1. The van der Waals surface area contributed by atoms with Crippen LogP contribution in [0.1, 0.15) is 32.2 Å². The van der Waals surface area contributed by atoms with Gasteiger partial charge in [0.25, 0.3) is 0 Å². The van der Waals surface area contributed by atoms with Crippen LogP contribution >= 0.6 is 0 Å². The molecule has 1 aromatic heterocycles. The number of nitrogens with one attached hydrogen (secondary N) is 1. The Hall–Kier alpha value is -3.37. The second kappa shape index (κ2) is 10.3. The highest BCUT2D eigenvalue weighted by Gasteiger charge is 2.27. The topological polar surface area (TPSA) is 103 Å². The van der Waals surface area contributed by atoms with Gasteiger partial charge in [0.2, 0.25) is 15.9 Å². The molecule has 9 nitrogen and oxygen atoms in total. The smallest absolute Gasteiger partial charge is 0.249 e. The molecule has 3 aromatic rings. The summed E-state index contributed by atoms with van der Waals surface area (Å²) in [6.45, 7) is 2.68. The highest BCUT2D eigenvalue weighted by molar-refractivity contribution is 7.89. The summed E-state index contributed by atoms with van der Waals surface area (Å²) < 4.78 is 40.9. The maximum absolute atomic E-state index is 13.3. The number of ether oxygens (including phenoxy) is 2. The van der Waals surface area contributed by atoms with Crippen molar-refractivity contribution in [3.05, 3.63) is 60.9 Å². The van der Waals surface area contributed by atoms with Crippen LogP contribution in [-0.2, 0) is 14.8 Å². The van der Waals surface area contributed by atoms with Crippen LogP contribution < -0.4 is 14.8 Å². The number of carbonyl (C=O) groups is 1. The summed E-state index contributed by atoms with van der Waals surface area (Å²) in [5.41, 5.74) is 0.244. The molecule has 1 unspecified atom stereocenters. The summed E-state index contributed by atoms with van der Waals surface area (Å²) in [6, 6.07) is 12.7. The van der Waals surface area contributed by atoms with Crippen molar-refractivity contribution in [1.29, 1.82) is 0 Å². The summed E-state index contributed by atoms with van der Waals surface area (Å²) in [4.78, 5) is 13.1. The Morgan fingerprint density at radius 1 is 1.03 bits per heavy atom. The van der Waals surface area contributed by atoms with Crippen LogP contribution in [0.3, 0.4) is 0 Å². The van der Waals surface area contributed by atoms with Crippen LogP contribution in [0.4, 0.5) is 5.69 Å². The van der Waals surface area contributed by atoms with Crippen molar-refractivity contribution in [2.45, 2.75) is 37.1 Å². The van der Waals surface area contributed by atoms with E-state index in [9.17, 15) is 13.2 Å². The molecule has 1 N–H and O–H groups in total. The highest BCUT2D eigenvalue weighted by atomic mass is 32.2. The number of para-hydroxylation sites is 2. The first kappa shape index (κ1) is 23.8. The van der Waals surface area contributed by atoms with E-state index in [1.165, 1.54) is 28.2 Å². The summed E-state index contributed by atoms with van der Waals surface area (Å²) >= 11 is 0. The molecular weight excluding hydrogens is 456 g/mol. The standard InChI is InChI=1S/C24H28N4O5S/c1-18(28-16-8-13-25-28)24(29)26-20-17-19(34(30,31)27-14-6-3-7-15-27)11-12-21(20)33-23-10-5-4-9-22(23)32-2/h4-5,8-13,16-18H,3,6-7,14-15H2,1-2H3,(H,26,29). The third-order valence-electron chi connectivity index (χ3n) is 5.75. The molecule has 1 amide bonds. The van der Waals surface area contributed by atoms with E-state index in [1.807, 2.05) is 6.07 Å². The molecule has 1 fully saturated rings. The monoisotopic (exact) mass is 484 g/mol. The van der Waals surface area contributed by atoms with Crippen molar-refractivity contribution in [2.75, 3.05) is 25.5 Å². The SMILES string of the molecule is COc1ccccc1Oc1ccc(S(=O)(=O)N2CCCCC2)cc1NC(=O)C(C)n1cccn1. The second-order valence-corrected chi connectivity index (χ2v) is 9.96. The van der Waals surface area contributed by atoms with Gasteiger partial charge in [0.1, 0.15) is 6.04 Å². The lowest BCUT2D eigenvalue weighted by atomic mass is 10.2. The lowest BCUT2D eigenvalue weighted by Gasteiger charge is -2.26. The van der Waals surface area contributed by atoms with Gasteiger partial charge in [-0.25, -0.2) is 8.42 Å². The quantitative estimate of drug-likeness (QED) is 0.517. The summed E-state index contributed by atoms with van der Waals surface area (Å²) in [6.07, 6.45) is 5.96. The van der Waals surface area contributed by atoms with Crippen LogP contribution in [0.2, 0.25) is 0 Å². The van der Waals surface area contributed by atoms with Crippen molar-refractivity contribution in [2.24, 2.45) is 0 Å². The number of sulfonamides is 1. The van der Waals surface area contributed by atoms with Gasteiger partial charge in [0.05, 0.1) is 17.7 Å². The Labute approximate surface area is 199 Å². The molecule has 10 heteroatoms. The van der Waals surface area contributed by atoms with Crippen LogP contribution in [0, 0.1) is 0 Å². The lowest BCUT2D eigenvalue weighted by Crippen LogP contribution is -2.35. The molecule has 0 spiro atoms. The minimum atomic E-state index is -3.70. The number of carbonyl (C=O) groups excluding carboxylic acids is 1. The van der Waals surface area contributed by atoms with E-state index >= 15 is 0 Å². The zero-order valence-corrected chi connectivity index (χ0v) is 20.0. The number of rotatable bonds is 8. The van der Waals surface area contributed by atoms with E-state index in [2.05, 4.69) is 10.4 Å². The van der Waals surface area contributed by atoms with Crippen molar-refractivity contribution < 1.29 is 22.7 Å². The molecule has 0 bridgehead atoms. The third-order valence-corrected chi connectivity index (χ3v) is 7.65. The molecule has 1 atom stereocenters. The van der Waals surface area contributed by atoms with Crippen molar-refractivity contribution >= 4 is 21.6 Å². The normalized spacial score (nSPS) is 15.5. The molecule has 1 saturated heterocycles. The van der Waals surface area contributed by atoms with Gasteiger partial charge >= 0.3 is 0 Å². The molecule has 180 valence electrons. The van der Waals surface area contributed by atoms with Gasteiger partial charge in [0, 0.05) is 25.5 Å². The molecule has 0 radical (unpaired) electrons. The predicted molar refractivity (Wildman–Crippen MR) is 128 cm³/mol. The minimum Gasteiger partial charge on any atom is -0.493 e. The molecule has 2 aromatic carbocycles. The summed E-state index contributed by atoms with van der Waals surface area (Å²) in [5.74, 6) is 0.881. The Bertz CT molecular complexity index is 1240. The summed E-state index contributed by atoms with van der Waals surface area (Å²) in [5, 5.41) is 6.94. The van der Waals surface area contributed by atoms with Crippen LogP contribution in [0.15, 0.2) is 65.8 Å². The number of amides is 1. The fraction of sp³-hybridized carbons (Fsp3) is 0.333. The number of methoxy groups -OCH3 is 1. The first-order valence-corrected chi connectivity index (χ1v) is 12.6. The lowest BCUT2D eigenvalue weighted by molar-refractivity contribution is -0.119. The van der Waals surface area contributed by atoms with Crippen LogP contribution in [-0.4, -0.2) is 48.6 Å². The molecule has 0 aliphatic carbocycles. The average molecular weight is 485 g/mol. The molecule has 34 heavy (non-hydrogen) atoms. The Kier molecular flexibility index (Phi) is 7.18. The van der Waals surface area contributed by atoms with Crippen molar-refractivity contribution in [3.63, 3.8) is 0 Å². The Morgan fingerprint density at radius 3 is 2.44 bits per heavy atom. The third kappa shape index (κ3) is 5.07. The molecule has 0 saturated carbocycles. The first-order chi connectivity index (χ1) is 16.4. The minimum absolute atomic E-state index is 0.101. The highest BCUT2D eigenvalue weighted by Crippen LogP contribution is 2.37. The number of nitrogens with zero attached hydrogens (tertiary/aromatic N) is 3. The van der Waals surface area contributed by atoms with Gasteiger partial charge in [-0.2, -0.15) is 9.40 Å². The fourth-order valence-corrected chi connectivity index (χ4v) is 5.34. The largest absolute Gasteiger partial charge is 0.493 e. The number of benzene rings is 2. The number of hydrogen-bond donors (Lipinski definition) is 1. The molecule has 2 heterocycles. The first-order valence-electron chi connectivity index (χ1n) is 11.1. The number of hydrogen-bond acceptors (Lipinski definition) is 6. The Morgan fingerprint density at radius 2 is 1.76 bits per heavy atom. The van der Waals surface area contributed by atoms with E-state index in [1.54, 1.807) is 49.6 Å². The molecule has 1 aliphatic heterocycles. The number of anilines is 1. The van der Waals surface area contributed by atoms with Gasteiger partial charge in [-0.05, 0) is 56.2 Å². The van der Waals surface area contributed by atoms with E-state index in [4.69, 9.17) is 9.47 Å². The van der Waals surface area contributed by atoms with Gasteiger partial charge < -0.3 is 14.8 Å². The second-order valence-electron chi connectivity index (χ2n) is 8.03. The van der Waals surface area contributed by atoms with Crippen molar-refractivity contribution in [1.82, 2.24) is 14.1 Å².